The van der Waals surface area contributed by atoms with E-state index in [1.807, 2.05) is 0 Å². The van der Waals surface area contributed by atoms with Gasteiger partial charge in [0, 0.05) is 36.0 Å². The van der Waals surface area contributed by atoms with Crippen LogP contribution < -0.4 is 0 Å². The van der Waals surface area contributed by atoms with Gasteiger partial charge in [0.25, 0.3) is 5.91 Å². The van der Waals surface area contributed by atoms with Crippen molar-refractivity contribution in [2.45, 2.75) is 18.8 Å². The standard InChI is InChI=1S/C22H18F2N4O2/c23-15-3-1-13(2-4-15)18-12-19(26-25-18)22(29)28-9-7-14(8-10-28)21-17-6-5-16(24)11-20(17)30-27-21/h1-6,11-12,14H,7-10H2,(H,25,26). The Morgan fingerprint density at radius 3 is 2.53 bits per heavy atom. The Hall–Kier alpha value is -3.55. The highest BCUT2D eigenvalue weighted by atomic mass is 19.1. The van der Waals surface area contributed by atoms with Crippen LogP contribution in [-0.2, 0) is 0 Å². The summed E-state index contributed by atoms with van der Waals surface area (Å²) in [6.07, 6.45) is 1.48. The molecule has 1 amide bonds. The van der Waals surface area contributed by atoms with Gasteiger partial charge in [0.2, 0.25) is 0 Å². The van der Waals surface area contributed by atoms with Crippen LogP contribution >= 0.6 is 0 Å². The Morgan fingerprint density at radius 2 is 1.77 bits per heavy atom. The third kappa shape index (κ3) is 3.34. The van der Waals surface area contributed by atoms with Gasteiger partial charge in [-0.3, -0.25) is 9.89 Å². The number of H-pyrrole nitrogens is 1. The summed E-state index contributed by atoms with van der Waals surface area (Å²) in [5, 5.41) is 11.9. The number of nitrogens with one attached hydrogen (secondary N) is 1. The lowest BCUT2D eigenvalue weighted by Gasteiger charge is -2.30. The molecular formula is C22H18F2N4O2. The van der Waals surface area contributed by atoms with E-state index >= 15 is 0 Å². The molecule has 6 nitrogen and oxygen atoms in total. The molecule has 1 saturated heterocycles. The number of aromatic amines is 1. The van der Waals surface area contributed by atoms with Crippen molar-refractivity contribution < 1.29 is 18.1 Å². The van der Waals surface area contributed by atoms with Crippen molar-refractivity contribution in [3.8, 4) is 11.3 Å². The largest absolute Gasteiger partial charge is 0.356 e. The predicted molar refractivity (Wildman–Crippen MR) is 106 cm³/mol. The summed E-state index contributed by atoms with van der Waals surface area (Å²) < 4.78 is 31.7. The van der Waals surface area contributed by atoms with Gasteiger partial charge in [0.05, 0.1) is 11.4 Å². The Morgan fingerprint density at radius 1 is 1.03 bits per heavy atom. The van der Waals surface area contributed by atoms with E-state index in [2.05, 4.69) is 15.4 Å². The number of rotatable bonds is 3. The smallest absolute Gasteiger partial charge is 0.271 e. The first-order chi connectivity index (χ1) is 14.6. The van der Waals surface area contributed by atoms with Crippen molar-refractivity contribution in [3.63, 3.8) is 0 Å². The second-order valence-electron chi connectivity index (χ2n) is 7.45. The highest BCUT2D eigenvalue weighted by Crippen LogP contribution is 2.33. The first-order valence-corrected chi connectivity index (χ1v) is 9.74. The summed E-state index contributed by atoms with van der Waals surface area (Å²) in [5.74, 6) is -0.651. The molecule has 30 heavy (non-hydrogen) atoms. The average Bonchev–Trinajstić information content (AvgIpc) is 3.41. The summed E-state index contributed by atoms with van der Waals surface area (Å²) in [6.45, 7) is 1.15. The number of nitrogens with zero attached hydrogens (tertiary/aromatic N) is 3. The van der Waals surface area contributed by atoms with Crippen LogP contribution in [0.4, 0.5) is 8.78 Å². The minimum Gasteiger partial charge on any atom is -0.356 e. The van der Waals surface area contributed by atoms with Crippen molar-refractivity contribution in [1.82, 2.24) is 20.3 Å². The topological polar surface area (TPSA) is 75.0 Å². The molecule has 5 rings (SSSR count). The molecule has 0 saturated carbocycles. The molecule has 1 aliphatic heterocycles. The molecule has 2 aromatic carbocycles. The third-order valence-electron chi connectivity index (χ3n) is 5.58. The van der Waals surface area contributed by atoms with Crippen LogP contribution in [0.1, 0.15) is 34.9 Å². The van der Waals surface area contributed by atoms with Gasteiger partial charge < -0.3 is 9.42 Å². The molecule has 152 valence electrons. The lowest BCUT2D eigenvalue weighted by atomic mass is 9.91. The van der Waals surface area contributed by atoms with E-state index in [-0.39, 0.29) is 23.5 Å². The van der Waals surface area contributed by atoms with Gasteiger partial charge in [-0.2, -0.15) is 5.10 Å². The number of piperidine rings is 1. The van der Waals surface area contributed by atoms with E-state index in [1.165, 1.54) is 24.3 Å². The number of fused-ring (bicyclic) bond motifs is 1. The molecule has 1 N–H and O–H groups in total. The molecule has 1 fully saturated rings. The van der Waals surface area contributed by atoms with Crippen molar-refractivity contribution >= 4 is 16.9 Å². The van der Waals surface area contributed by atoms with E-state index in [0.29, 0.717) is 30.1 Å². The van der Waals surface area contributed by atoms with Crippen molar-refractivity contribution in [2.75, 3.05) is 13.1 Å². The number of hydrogen-bond acceptors (Lipinski definition) is 4. The van der Waals surface area contributed by atoms with E-state index in [9.17, 15) is 13.6 Å². The first kappa shape index (κ1) is 18.5. The Balaban J connectivity index is 1.27. The maximum absolute atomic E-state index is 13.4. The number of amides is 1. The minimum absolute atomic E-state index is 0.124. The fourth-order valence-corrected chi connectivity index (χ4v) is 3.95. The molecule has 8 heteroatoms. The number of halogens is 2. The number of likely N-dealkylation sites (tertiary alicyclic amines) is 1. The zero-order valence-corrected chi connectivity index (χ0v) is 15.9. The van der Waals surface area contributed by atoms with Crippen LogP contribution in [0, 0.1) is 11.6 Å². The van der Waals surface area contributed by atoms with Crippen molar-refractivity contribution in [2.24, 2.45) is 0 Å². The maximum atomic E-state index is 13.4. The zero-order valence-electron chi connectivity index (χ0n) is 15.9. The third-order valence-corrected chi connectivity index (χ3v) is 5.58. The summed E-state index contributed by atoms with van der Waals surface area (Å²) in [4.78, 5) is 14.6. The summed E-state index contributed by atoms with van der Waals surface area (Å²) >= 11 is 0. The van der Waals surface area contributed by atoms with E-state index in [4.69, 9.17) is 4.52 Å². The van der Waals surface area contributed by atoms with Crippen molar-refractivity contribution in [3.05, 3.63) is 71.6 Å². The number of hydrogen-bond donors (Lipinski definition) is 1. The molecule has 2 aromatic heterocycles. The quantitative estimate of drug-likeness (QED) is 0.541. The molecule has 4 aromatic rings. The monoisotopic (exact) mass is 408 g/mol. The molecule has 1 aliphatic rings. The molecular weight excluding hydrogens is 390 g/mol. The fourth-order valence-electron chi connectivity index (χ4n) is 3.95. The van der Waals surface area contributed by atoms with Crippen molar-refractivity contribution in [1.29, 1.82) is 0 Å². The summed E-state index contributed by atoms with van der Waals surface area (Å²) in [6, 6.07) is 12.1. The highest BCUT2D eigenvalue weighted by Gasteiger charge is 2.28. The van der Waals surface area contributed by atoms with E-state index < -0.39 is 0 Å². The molecule has 0 radical (unpaired) electrons. The van der Waals surface area contributed by atoms with Gasteiger partial charge >= 0.3 is 0 Å². The first-order valence-electron chi connectivity index (χ1n) is 9.74. The van der Waals surface area contributed by atoms with Gasteiger partial charge in [-0.15, -0.1) is 0 Å². The van der Waals surface area contributed by atoms with Crippen LogP contribution in [0.2, 0.25) is 0 Å². The SMILES string of the molecule is O=C(c1cc(-c2ccc(F)cc2)n[nH]1)N1CCC(c2noc3cc(F)ccc23)CC1. The Kier molecular flexibility index (Phi) is 4.54. The number of benzene rings is 2. The molecule has 0 spiro atoms. The predicted octanol–water partition coefficient (Wildman–Crippen LogP) is 4.52. The van der Waals surface area contributed by atoms with Gasteiger partial charge in [0.15, 0.2) is 5.58 Å². The van der Waals surface area contributed by atoms with Crippen LogP contribution in [0.5, 0.6) is 0 Å². The highest BCUT2D eigenvalue weighted by molar-refractivity contribution is 5.93. The molecule has 0 bridgehead atoms. The van der Waals surface area contributed by atoms with Gasteiger partial charge in [0.1, 0.15) is 17.3 Å². The lowest BCUT2D eigenvalue weighted by Crippen LogP contribution is -2.38. The van der Waals surface area contributed by atoms with E-state index in [0.717, 1.165) is 29.5 Å². The van der Waals surface area contributed by atoms with Crippen LogP contribution in [0.25, 0.3) is 22.2 Å². The zero-order chi connectivity index (χ0) is 20.7. The number of carbonyl (C=O) groups excluding carboxylic acids is 1. The second-order valence-corrected chi connectivity index (χ2v) is 7.45. The second kappa shape index (κ2) is 7.37. The molecule has 0 atom stereocenters. The Labute approximate surface area is 170 Å². The van der Waals surface area contributed by atoms with Crippen LogP contribution in [0.3, 0.4) is 0 Å². The van der Waals surface area contributed by atoms with Crippen LogP contribution in [-0.4, -0.2) is 39.3 Å². The fraction of sp³-hybridized carbons (Fsp3) is 0.227. The summed E-state index contributed by atoms with van der Waals surface area (Å²) in [7, 11) is 0. The van der Waals surface area contributed by atoms with Gasteiger partial charge in [-0.1, -0.05) is 5.16 Å². The number of carbonyl (C=O) groups is 1. The minimum atomic E-state index is -0.356. The van der Waals surface area contributed by atoms with Crippen LogP contribution in [0.15, 0.2) is 53.1 Å². The summed E-state index contributed by atoms with van der Waals surface area (Å²) in [5.41, 5.74) is 2.98. The average molecular weight is 408 g/mol. The van der Waals surface area contributed by atoms with Gasteiger partial charge in [-0.25, -0.2) is 8.78 Å². The van der Waals surface area contributed by atoms with Gasteiger partial charge in [-0.05, 0) is 55.3 Å². The number of aromatic nitrogens is 3. The molecule has 0 unspecified atom stereocenters. The normalized spacial score (nSPS) is 15.1. The Bertz CT molecular complexity index is 1210. The lowest BCUT2D eigenvalue weighted by molar-refractivity contribution is 0.0706. The van der Waals surface area contributed by atoms with E-state index in [1.54, 1.807) is 29.2 Å². The molecule has 3 heterocycles. The molecule has 0 aliphatic carbocycles. The maximum Gasteiger partial charge on any atom is 0.271 e.